The highest BCUT2D eigenvalue weighted by Gasteiger charge is 2.30. The van der Waals surface area contributed by atoms with Gasteiger partial charge in [0, 0.05) is 4.83 Å². The third-order valence-electron chi connectivity index (χ3n) is 2.80. The Morgan fingerprint density at radius 3 is 3.00 bits per heavy atom. The fourth-order valence-corrected chi connectivity index (χ4v) is 2.61. The molecule has 78 valence electrons. The van der Waals surface area contributed by atoms with Crippen LogP contribution in [0, 0.1) is 5.92 Å². The van der Waals surface area contributed by atoms with Crippen LogP contribution in [-0.2, 0) is 0 Å². The van der Waals surface area contributed by atoms with Gasteiger partial charge in [0.05, 0.1) is 5.52 Å². The van der Waals surface area contributed by atoms with Gasteiger partial charge in [-0.3, -0.25) is 4.98 Å². The average molecular weight is 268 g/mol. The molecule has 1 unspecified atom stereocenters. The number of alkyl halides is 1. The van der Waals surface area contributed by atoms with Crippen LogP contribution in [0.3, 0.4) is 0 Å². The van der Waals surface area contributed by atoms with Crippen molar-refractivity contribution < 1.29 is 4.42 Å². The first-order chi connectivity index (χ1) is 7.24. The second kappa shape index (κ2) is 3.23. The van der Waals surface area contributed by atoms with Gasteiger partial charge in [0.15, 0.2) is 5.58 Å². The highest BCUT2D eigenvalue weighted by Crippen LogP contribution is 2.46. The molecule has 0 amide bonds. The number of aromatic nitrogens is 1. The van der Waals surface area contributed by atoms with Crippen LogP contribution in [0.1, 0.15) is 23.2 Å². The molecule has 0 saturated heterocycles. The second-order valence-corrected chi connectivity index (χ2v) is 5.00. The Hall–Kier alpha value is -1.03. The minimum absolute atomic E-state index is 0.389. The van der Waals surface area contributed by atoms with Crippen molar-refractivity contribution in [3.63, 3.8) is 0 Å². The Morgan fingerprint density at radius 1 is 1.47 bits per heavy atom. The molecule has 1 N–H and O–H groups in total. The quantitative estimate of drug-likeness (QED) is 0.851. The summed E-state index contributed by atoms with van der Waals surface area (Å²) in [5.74, 6) is 0.354. The number of hydrogen-bond acceptors (Lipinski definition) is 2. The molecule has 3 rings (SSSR count). The van der Waals surface area contributed by atoms with Gasteiger partial charge in [0.2, 0.25) is 0 Å². The van der Waals surface area contributed by atoms with Gasteiger partial charge >= 0.3 is 5.76 Å². The topological polar surface area (TPSA) is 46.0 Å². The molecule has 1 aliphatic rings. The van der Waals surface area contributed by atoms with E-state index in [2.05, 4.69) is 20.9 Å². The fourth-order valence-electron chi connectivity index (χ4n) is 1.79. The van der Waals surface area contributed by atoms with Gasteiger partial charge in [-0.1, -0.05) is 22.0 Å². The highest BCUT2D eigenvalue weighted by atomic mass is 79.9. The smallest absolute Gasteiger partial charge is 0.408 e. The van der Waals surface area contributed by atoms with Gasteiger partial charge in [-0.2, -0.15) is 0 Å². The maximum absolute atomic E-state index is 11.0. The van der Waals surface area contributed by atoms with Gasteiger partial charge in [0.25, 0.3) is 0 Å². The van der Waals surface area contributed by atoms with Crippen LogP contribution in [0.5, 0.6) is 0 Å². The number of H-pyrrole nitrogens is 1. The molecule has 3 nitrogen and oxygen atoms in total. The highest BCUT2D eigenvalue weighted by molar-refractivity contribution is 9.09. The molecule has 15 heavy (non-hydrogen) atoms. The van der Waals surface area contributed by atoms with E-state index < -0.39 is 0 Å². The largest absolute Gasteiger partial charge is 0.417 e. The van der Waals surface area contributed by atoms with E-state index in [-0.39, 0.29) is 5.76 Å². The summed E-state index contributed by atoms with van der Waals surface area (Å²) in [6.07, 6.45) is 2.57. The van der Waals surface area contributed by atoms with Crippen molar-refractivity contribution in [1.82, 2.24) is 4.98 Å². The van der Waals surface area contributed by atoms with Crippen molar-refractivity contribution in [2.24, 2.45) is 5.92 Å². The Bertz CT molecular complexity index is 553. The monoisotopic (exact) mass is 267 g/mol. The van der Waals surface area contributed by atoms with E-state index in [0.29, 0.717) is 10.4 Å². The number of oxazole rings is 1. The van der Waals surface area contributed by atoms with Crippen molar-refractivity contribution in [3.05, 3.63) is 34.3 Å². The first-order valence-electron chi connectivity index (χ1n) is 5.01. The zero-order chi connectivity index (χ0) is 10.4. The number of aromatic amines is 1. The molecule has 1 fully saturated rings. The minimum atomic E-state index is -0.389. The van der Waals surface area contributed by atoms with Gasteiger partial charge < -0.3 is 4.42 Å². The van der Waals surface area contributed by atoms with E-state index >= 15 is 0 Å². The van der Waals surface area contributed by atoms with E-state index in [0.717, 1.165) is 11.4 Å². The standard InChI is InChI=1S/C11H10BrNO2/c12-10(6-1-2-6)7-3-4-8-9(5-7)15-11(14)13-8/h3-6,10H,1-2H2,(H,13,14). The molecule has 1 aromatic carbocycles. The van der Waals surface area contributed by atoms with Gasteiger partial charge in [-0.05, 0) is 36.5 Å². The van der Waals surface area contributed by atoms with Gasteiger partial charge in [0.1, 0.15) is 0 Å². The van der Waals surface area contributed by atoms with Crippen LogP contribution < -0.4 is 5.76 Å². The van der Waals surface area contributed by atoms with E-state index in [1.54, 1.807) is 0 Å². The van der Waals surface area contributed by atoms with Gasteiger partial charge in [-0.25, -0.2) is 4.79 Å². The SMILES string of the molecule is O=c1[nH]c2ccc(C(Br)C3CC3)cc2o1. The minimum Gasteiger partial charge on any atom is -0.408 e. The zero-order valence-electron chi connectivity index (χ0n) is 8.00. The van der Waals surface area contributed by atoms with Crippen molar-refractivity contribution in [2.45, 2.75) is 17.7 Å². The van der Waals surface area contributed by atoms with E-state index in [1.807, 2.05) is 18.2 Å². The summed E-state index contributed by atoms with van der Waals surface area (Å²) >= 11 is 3.68. The Balaban J connectivity index is 2.08. The molecule has 0 radical (unpaired) electrons. The summed E-state index contributed by atoms with van der Waals surface area (Å²) in [7, 11) is 0. The Morgan fingerprint density at radius 2 is 2.27 bits per heavy atom. The summed E-state index contributed by atoms with van der Waals surface area (Å²) in [5.41, 5.74) is 2.59. The lowest BCUT2D eigenvalue weighted by atomic mass is 10.1. The summed E-state index contributed by atoms with van der Waals surface area (Å²) in [4.78, 5) is 14.0. The molecular weight excluding hydrogens is 258 g/mol. The molecule has 1 aromatic heterocycles. The summed E-state index contributed by atoms with van der Waals surface area (Å²) < 4.78 is 5.03. The number of hydrogen-bond donors (Lipinski definition) is 1. The van der Waals surface area contributed by atoms with Crippen LogP contribution in [0.4, 0.5) is 0 Å². The molecule has 1 saturated carbocycles. The predicted molar refractivity (Wildman–Crippen MR) is 61.2 cm³/mol. The molecule has 4 heteroatoms. The normalized spacial score (nSPS) is 18.2. The van der Waals surface area contributed by atoms with E-state index in [4.69, 9.17) is 4.42 Å². The van der Waals surface area contributed by atoms with E-state index in [9.17, 15) is 4.79 Å². The summed E-state index contributed by atoms with van der Waals surface area (Å²) in [6.45, 7) is 0. The molecule has 1 aliphatic carbocycles. The Labute approximate surface area is 94.6 Å². The molecule has 1 atom stereocenters. The third-order valence-corrected chi connectivity index (χ3v) is 4.08. The molecule has 2 aromatic rings. The first kappa shape index (κ1) is 9.21. The summed E-state index contributed by atoms with van der Waals surface area (Å²) in [6, 6.07) is 5.86. The molecule has 0 bridgehead atoms. The lowest BCUT2D eigenvalue weighted by Gasteiger charge is -2.07. The number of fused-ring (bicyclic) bond motifs is 1. The number of nitrogens with one attached hydrogen (secondary N) is 1. The van der Waals surface area contributed by atoms with Crippen molar-refractivity contribution in [1.29, 1.82) is 0 Å². The number of benzene rings is 1. The molecule has 0 spiro atoms. The number of halogens is 1. The number of rotatable bonds is 2. The molecule has 0 aliphatic heterocycles. The maximum atomic E-state index is 11.0. The third kappa shape index (κ3) is 1.63. The van der Waals surface area contributed by atoms with Crippen LogP contribution in [-0.4, -0.2) is 4.98 Å². The summed E-state index contributed by atoms with van der Waals surface area (Å²) in [5, 5.41) is 0. The van der Waals surface area contributed by atoms with Gasteiger partial charge in [-0.15, -0.1) is 0 Å². The zero-order valence-corrected chi connectivity index (χ0v) is 9.58. The second-order valence-electron chi connectivity index (χ2n) is 4.01. The predicted octanol–water partition coefficient (Wildman–Crippen LogP) is 2.97. The van der Waals surface area contributed by atoms with E-state index in [1.165, 1.54) is 18.4 Å². The lowest BCUT2D eigenvalue weighted by molar-refractivity contribution is 0.555. The Kier molecular flexibility index (Phi) is 1.99. The molecule has 1 heterocycles. The average Bonchev–Trinajstić information content (AvgIpc) is 2.98. The fraction of sp³-hybridized carbons (Fsp3) is 0.364. The van der Waals surface area contributed by atoms with Crippen molar-refractivity contribution in [3.8, 4) is 0 Å². The van der Waals surface area contributed by atoms with Crippen LogP contribution in [0.15, 0.2) is 27.4 Å². The maximum Gasteiger partial charge on any atom is 0.417 e. The van der Waals surface area contributed by atoms with Crippen molar-refractivity contribution >= 4 is 27.0 Å². The lowest BCUT2D eigenvalue weighted by Crippen LogP contribution is -1.92. The van der Waals surface area contributed by atoms with Crippen molar-refractivity contribution in [2.75, 3.05) is 0 Å². The van der Waals surface area contributed by atoms with Crippen LogP contribution in [0.25, 0.3) is 11.1 Å². The van der Waals surface area contributed by atoms with Crippen LogP contribution in [0.2, 0.25) is 0 Å². The molecular formula is C11H10BrNO2. The first-order valence-corrected chi connectivity index (χ1v) is 5.92. The van der Waals surface area contributed by atoms with Crippen LogP contribution >= 0.6 is 15.9 Å².